The number of nitrogens with one attached hydrogen (secondary N) is 1. The van der Waals surface area contributed by atoms with Crippen LogP contribution >= 0.6 is 0 Å². The van der Waals surface area contributed by atoms with E-state index in [9.17, 15) is 9.59 Å². The number of rotatable bonds is 7. The molecule has 2 rings (SSSR count). The third-order valence-corrected chi connectivity index (χ3v) is 3.68. The van der Waals surface area contributed by atoms with Gasteiger partial charge in [0.2, 0.25) is 0 Å². The van der Waals surface area contributed by atoms with Gasteiger partial charge in [0.25, 0.3) is 5.91 Å². The number of nitrogens with zero attached hydrogens (tertiary/aromatic N) is 1. The van der Waals surface area contributed by atoms with Crippen molar-refractivity contribution in [2.45, 2.75) is 13.3 Å². The van der Waals surface area contributed by atoms with Crippen LogP contribution in [-0.2, 0) is 9.53 Å². The van der Waals surface area contributed by atoms with E-state index in [0.29, 0.717) is 29.7 Å². The second kappa shape index (κ2) is 9.19. The molecule has 26 heavy (non-hydrogen) atoms. The maximum absolute atomic E-state index is 12.1. The summed E-state index contributed by atoms with van der Waals surface area (Å²) in [5.41, 5.74) is 3.48. The predicted molar refractivity (Wildman–Crippen MR) is 99.3 cm³/mol. The van der Waals surface area contributed by atoms with Crippen LogP contribution in [-0.4, -0.2) is 25.0 Å². The van der Waals surface area contributed by atoms with Crippen LogP contribution < -0.4 is 5.32 Å². The summed E-state index contributed by atoms with van der Waals surface area (Å²) in [6, 6.07) is 16.6. The zero-order valence-corrected chi connectivity index (χ0v) is 14.6. The van der Waals surface area contributed by atoms with Crippen LogP contribution in [0.1, 0.15) is 29.3 Å². The molecule has 0 heterocycles. The molecule has 5 heteroatoms. The first-order valence-corrected chi connectivity index (χ1v) is 8.22. The van der Waals surface area contributed by atoms with Crippen molar-refractivity contribution in [3.63, 3.8) is 0 Å². The van der Waals surface area contributed by atoms with Gasteiger partial charge in [-0.15, -0.1) is 0 Å². The molecule has 0 aliphatic rings. The number of nitriles is 1. The highest BCUT2D eigenvalue weighted by atomic mass is 16.5. The fraction of sp³-hybridized carbons (Fsp3) is 0.190. The molecule has 0 atom stereocenters. The molecule has 0 spiro atoms. The molecule has 1 amide bonds. The largest absolute Gasteiger partial charge is 0.462 e. The Morgan fingerprint density at radius 3 is 2.19 bits per heavy atom. The Bertz CT molecular complexity index is 831. The average molecular weight is 348 g/mol. The lowest BCUT2D eigenvalue weighted by molar-refractivity contribution is -0.138. The van der Waals surface area contributed by atoms with Gasteiger partial charge in [0, 0.05) is 17.7 Å². The summed E-state index contributed by atoms with van der Waals surface area (Å²) < 4.78 is 4.96. The monoisotopic (exact) mass is 348 g/mol. The summed E-state index contributed by atoms with van der Waals surface area (Å²) in [7, 11) is 0. The van der Waals surface area contributed by atoms with Gasteiger partial charge in [-0.25, -0.2) is 4.79 Å². The van der Waals surface area contributed by atoms with E-state index in [4.69, 9.17) is 10.00 Å². The van der Waals surface area contributed by atoms with Crippen LogP contribution in [0.2, 0.25) is 0 Å². The minimum absolute atomic E-state index is 0.178. The molecule has 132 valence electrons. The van der Waals surface area contributed by atoms with E-state index >= 15 is 0 Å². The second-order valence-corrected chi connectivity index (χ2v) is 5.79. The van der Waals surface area contributed by atoms with Gasteiger partial charge in [-0.05, 0) is 48.7 Å². The van der Waals surface area contributed by atoms with Crippen molar-refractivity contribution < 1.29 is 14.3 Å². The Hall–Kier alpha value is -3.39. The van der Waals surface area contributed by atoms with E-state index < -0.39 is 5.97 Å². The minimum Gasteiger partial charge on any atom is -0.462 e. The van der Waals surface area contributed by atoms with E-state index in [0.717, 1.165) is 11.1 Å². The number of hydrogen-bond donors (Lipinski definition) is 1. The number of carbonyl (C=O) groups excluding carboxylic acids is 2. The van der Waals surface area contributed by atoms with Crippen LogP contribution in [0.15, 0.2) is 60.7 Å². The average Bonchev–Trinajstić information content (AvgIpc) is 2.67. The van der Waals surface area contributed by atoms with Crippen molar-refractivity contribution in [3.05, 3.63) is 71.8 Å². The summed E-state index contributed by atoms with van der Waals surface area (Å²) in [6.07, 6.45) is 0.536. The van der Waals surface area contributed by atoms with E-state index in [1.54, 1.807) is 31.2 Å². The summed E-state index contributed by atoms with van der Waals surface area (Å²) in [4.78, 5) is 23.3. The maximum atomic E-state index is 12.1. The van der Waals surface area contributed by atoms with Gasteiger partial charge in [-0.3, -0.25) is 4.79 Å². The Labute approximate surface area is 152 Å². The maximum Gasteiger partial charge on any atom is 0.333 e. The predicted octanol–water partition coefficient (Wildman–Crippen LogP) is 3.46. The summed E-state index contributed by atoms with van der Waals surface area (Å²) in [6.45, 7) is 5.75. The summed E-state index contributed by atoms with van der Waals surface area (Å²) in [5.74, 6) is -0.600. The van der Waals surface area contributed by atoms with Gasteiger partial charge in [-0.1, -0.05) is 30.8 Å². The fourth-order valence-electron chi connectivity index (χ4n) is 2.22. The molecular weight excluding hydrogens is 328 g/mol. The molecular formula is C21H20N2O3. The fourth-order valence-corrected chi connectivity index (χ4v) is 2.22. The summed E-state index contributed by atoms with van der Waals surface area (Å²) in [5, 5.41) is 11.6. The number of ether oxygens (including phenoxy) is 1. The Balaban J connectivity index is 1.83. The molecule has 0 saturated carbocycles. The van der Waals surface area contributed by atoms with Crippen LogP contribution in [0.5, 0.6) is 0 Å². The van der Waals surface area contributed by atoms with Crippen molar-refractivity contribution in [3.8, 4) is 17.2 Å². The molecule has 0 fully saturated rings. The van der Waals surface area contributed by atoms with E-state index in [1.165, 1.54) is 0 Å². The Morgan fingerprint density at radius 2 is 1.65 bits per heavy atom. The van der Waals surface area contributed by atoms with Crippen molar-refractivity contribution in [2.24, 2.45) is 0 Å². The number of hydrogen-bond acceptors (Lipinski definition) is 4. The number of carbonyl (C=O) groups is 2. The summed E-state index contributed by atoms with van der Waals surface area (Å²) >= 11 is 0. The van der Waals surface area contributed by atoms with Crippen molar-refractivity contribution in [1.82, 2.24) is 5.32 Å². The quantitative estimate of drug-likeness (QED) is 0.472. The van der Waals surface area contributed by atoms with E-state index in [-0.39, 0.29) is 12.5 Å². The highest BCUT2D eigenvalue weighted by Crippen LogP contribution is 2.20. The molecule has 2 aromatic rings. The number of amides is 1. The zero-order chi connectivity index (χ0) is 18.9. The second-order valence-electron chi connectivity index (χ2n) is 5.79. The van der Waals surface area contributed by atoms with Gasteiger partial charge >= 0.3 is 5.97 Å². The van der Waals surface area contributed by atoms with Crippen LogP contribution in [0.4, 0.5) is 0 Å². The van der Waals surface area contributed by atoms with Gasteiger partial charge in [0.15, 0.2) is 0 Å². The van der Waals surface area contributed by atoms with Crippen molar-refractivity contribution >= 4 is 11.9 Å². The highest BCUT2D eigenvalue weighted by Gasteiger charge is 2.06. The van der Waals surface area contributed by atoms with Crippen LogP contribution in [0, 0.1) is 11.3 Å². The standard InChI is InChI=1S/C21H20N2O3/c1-15(2)21(25)26-13-3-12-23-20(24)19-10-8-18(9-11-19)17-6-4-16(14-22)5-7-17/h4-11H,1,3,12-13H2,2H3,(H,23,24). The topological polar surface area (TPSA) is 79.2 Å². The lowest BCUT2D eigenvalue weighted by atomic mass is 10.0. The number of benzene rings is 2. The molecule has 0 saturated heterocycles. The minimum atomic E-state index is -0.422. The van der Waals surface area contributed by atoms with Crippen molar-refractivity contribution in [1.29, 1.82) is 5.26 Å². The SMILES string of the molecule is C=C(C)C(=O)OCCCNC(=O)c1ccc(-c2ccc(C#N)cc2)cc1. The van der Waals surface area contributed by atoms with Crippen LogP contribution in [0.25, 0.3) is 11.1 Å². The van der Waals surface area contributed by atoms with Crippen LogP contribution in [0.3, 0.4) is 0 Å². The van der Waals surface area contributed by atoms with Crippen molar-refractivity contribution in [2.75, 3.05) is 13.2 Å². The van der Waals surface area contributed by atoms with Gasteiger partial charge in [0.05, 0.1) is 18.2 Å². The lowest BCUT2D eigenvalue weighted by Gasteiger charge is -2.07. The van der Waals surface area contributed by atoms with Gasteiger partial charge in [-0.2, -0.15) is 5.26 Å². The molecule has 0 radical (unpaired) electrons. The molecule has 0 aliphatic carbocycles. The molecule has 0 unspecified atom stereocenters. The molecule has 0 bridgehead atoms. The molecule has 0 aliphatic heterocycles. The lowest BCUT2D eigenvalue weighted by Crippen LogP contribution is -2.25. The molecule has 0 aromatic heterocycles. The smallest absolute Gasteiger partial charge is 0.333 e. The van der Waals surface area contributed by atoms with E-state index in [2.05, 4.69) is 18.0 Å². The molecule has 1 N–H and O–H groups in total. The highest BCUT2D eigenvalue weighted by molar-refractivity contribution is 5.94. The normalized spacial score (nSPS) is 9.85. The Morgan fingerprint density at radius 1 is 1.08 bits per heavy atom. The third-order valence-electron chi connectivity index (χ3n) is 3.68. The molecule has 5 nitrogen and oxygen atoms in total. The number of esters is 1. The molecule has 2 aromatic carbocycles. The Kier molecular flexibility index (Phi) is 6.69. The van der Waals surface area contributed by atoms with Gasteiger partial charge < -0.3 is 10.1 Å². The van der Waals surface area contributed by atoms with Gasteiger partial charge in [0.1, 0.15) is 0 Å². The third kappa shape index (κ3) is 5.32. The zero-order valence-electron chi connectivity index (χ0n) is 14.6. The van der Waals surface area contributed by atoms with E-state index in [1.807, 2.05) is 24.3 Å². The first kappa shape index (κ1) is 18.9. The first-order valence-electron chi connectivity index (χ1n) is 8.22. The first-order chi connectivity index (χ1) is 12.5.